The van der Waals surface area contributed by atoms with E-state index in [1.54, 1.807) is 0 Å². The highest BCUT2D eigenvalue weighted by atomic mass is 19.1. The van der Waals surface area contributed by atoms with Crippen molar-refractivity contribution >= 4 is 22.8 Å². The number of nitrogens with zero attached hydrogens (tertiary/aromatic N) is 5. The number of piperazine rings is 1. The Balaban J connectivity index is 1.32. The van der Waals surface area contributed by atoms with Gasteiger partial charge in [-0.05, 0) is 66.0 Å². The van der Waals surface area contributed by atoms with Crippen molar-refractivity contribution in [3.05, 3.63) is 23.8 Å². The van der Waals surface area contributed by atoms with Crippen LogP contribution in [-0.4, -0.2) is 87.5 Å². The highest BCUT2D eigenvalue weighted by Gasteiger charge is 2.53. The van der Waals surface area contributed by atoms with Crippen LogP contribution in [0, 0.1) is 11.6 Å². The Labute approximate surface area is 226 Å². The summed E-state index contributed by atoms with van der Waals surface area (Å²) in [5.74, 6) is -1.16. The van der Waals surface area contributed by atoms with Gasteiger partial charge in [0.15, 0.2) is 5.82 Å². The lowest BCUT2D eigenvalue weighted by molar-refractivity contribution is -0.00280. The maximum Gasteiger partial charge on any atom is 0.411 e. The number of halogens is 3. The fourth-order valence-electron chi connectivity index (χ4n) is 7.14. The van der Waals surface area contributed by atoms with E-state index in [1.165, 1.54) is 6.07 Å². The quantitative estimate of drug-likeness (QED) is 0.543. The van der Waals surface area contributed by atoms with Gasteiger partial charge in [-0.25, -0.2) is 18.0 Å². The van der Waals surface area contributed by atoms with Crippen LogP contribution in [0.2, 0.25) is 0 Å². The zero-order valence-electron chi connectivity index (χ0n) is 23.0. The molecule has 1 aromatic carbocycles. The van der Waals surface area contributed by atoms with Crippen LogP contribution in [0.25, 0.3) is 10.9 Å². The van der Waals surface area contributed by atoms with Crippen molar-refractivity contribution in [2.75, 3.05) is 37.7 Å². The van der Waals surface area contributed by atoms with E-state index >= 15 is 4.39 Å². The molecule has 0 radical (unpaired) electrons. The normalized spacial score (nSPS) is 30.7. The van der Waals surface area contributed by atoms with Gasteiger partial charge in [0.2, 0.25) is 0 Å². The molecule has 0 aliphatic carbocycles. The molecule has 4 aliphatic heterocycles. The average Bonchev–Trinajstić information content (AvgIpc) is 3.42. The number of fused-ring (bicyclic) bond motifs is 4. The van der Waals surface area contributed by atoms with Gasteiger partial charge >= 0.3 is 12.1 Å². The van der Waals surface area contributed by atoms with E-state index in [4.69, 9.17) is 9.47 Å². The summed E-state index contributed by atoms with van der Waals surface area (Å²) < 4.78 is 55.4. The molecule has 2 aromatic rings. The predicted molar refractivity (Wildman–Crippen MR) is 140 cm³/mol. The Morgan fingerprint density at radius 2 is 1.97 bits per heavy atom. The number of hydrogen-bond donors (Lipinski definition) is 0. The van der Waals surface area contributed by atoms with Gasteiger partial charge in [0.25, 0.3) is 0 Å². The molecule has 1 amide bonds. The molecule has 39 heavy (non-hydrogen) atoms. The van der Waals surface area contributed by atoms with E-state index in [9.17, 15) is 13.6 Å². The largest absolute Gasteiger partial charge is 0.461 e. The molecular weight excluding hydrogens is 511 g/mol. The van der Waals surface area contributed by atoms with Crippen molar-refractivity contribution in [1.29, 1.82) is 0 Å². The van der Waals surface area contributed by atoms with Crippen LogP contribution in [0.4, 0.5) is 23.8 Å². The lowest BCUT2D eigenvalue weighted by Crippen LogP contribution is -2.63. The lowest BCUT2D eigenvalue weighted by Gasteiger charge is -2.47. The maximum atomic E-state index is 15.0. The first-order chi connectivity index (χ1) is 18.4. The number of alkyl halides is 1. The van der Waals surface area contributed by atoms with E-state index in [-0.39, 0.29) is 35.7 Å². The van der Waals surface area contributed by atoms with Gasteiger partial charge in [-0.15, -0.1) is 0 Å². The zero-order chi connectivity index (χ0) is 27.7. The Kier molecular flexibility index (Phi) is 6.17. The van der Waals surface area contributed by atoms with E-state index in [2.05, 4.69) is 14.9 Å². The highest BCUT2D eigenvalue weighted by molar-refractivity contribution is 5.90. The van der Waals surface area contributed by atoms with Crippen molar-refractivity contribution in [2.45, 2.75) is 88.7 Å². The summed E-state index contributed by atoms with van der Waals surface area (Å²) in [6, 6.07) is 1.89. The van der Waals surface area contributed by atoms with Crippen molar-refractivity contribution in [2.24, 2.45) is 0 Å². The molecule has 0 N–H and O–H groups in total. The summed E-state index contributed by atoms with van der Waals surface area (Å²) >= 11 is 0. The molecule has 5 heterocycles. The first-order valence-electron chi connectivity index (χ1n) is 13.8. The summed E-state index contributed by atoms with van der Waals surface area (Å²) in [7, 11) is 0. The van der Waals surface area contributed by atoms with E-state index in [0.29, 0.717) is 31.9 Å². The van der Waals surface area contributed by atoms with Crippen LogP contribution < -0.4 is 9.64 Å². The third-order valence-corrected chi connectivity index (χ3v) is 8.72. The van der Waals surface area contributed by atoms with Gasteiger partial charge in [-0.2, -0.15) is 9.97 Å². The van der Waals surface area contributed by atoms with Crippen LogP contribution in [0.3, 0.4) is 0 Å². The first-order valence-corrected chi connectivity index (χ1v) is 13.8. The van der Waals surface area contributed by atoms with E-state index in [1.807, 2.05) is 37.5 Å². The van der Waals surface area contributed by atoms with Crippen LogP contribution in [0.15, 0.2) is 12.1 Å². The van der Waals surface area contributed by atoms with Crippen LogP contribution in [0.1, 0.15) is 59.8 Å². The number of amides is 1. The Bertz CT molecular complexity index is 1310. The zero-order valence-corrected chi connectivity index (χ0v) is 23.0. The summed E-state index contributed by atoms with van der Waals surface area (Å²) in [4.78, 5) is 28.0. The fraction of sp³-hybridized carbons (Fsp3) is 0.679. The van der Waals surface area contributed by atoms with Gasteiger partial charge in [-0.1, -0.05) is 0 Å². The number of carbonyl (C=O) groups is 1. The van der Waals surface area contributed by atoms with Crippen molar-refractivity contribution in [3.8, 4) is 6.01 Å². The minimum atomic E-state index is -0.903. The van der Waals surface area contributed by atoms with Crippen LogP contribution in [0.5, 0.6) is 6.01 Å². The second-order valence-corrected chi connectivity index (χ2v) is 12.9. The number of hydrogen-bond acceptors (Lipinski definition) is 7. The average molecular weight is 548 g/mol. The van der Waals surface area contributed by atoms with Gasteiger partial charge in [0.05, 0.1) is 17.1 Å². The Morgan fingerprint density at radius 3 is 2.72 bits per heavy atom. The molecule has 2 bridgehead atoms. The molecule has 0 spiro atoms. The third kappa shape index (κ3) is 4.66. The molecule has 11 heteroatoms. The summed E-state index contributed by atoms with van der Waals surface area (Å²) in [6.07, 6.45) is 2.47. The topological polar surface area (TPSA) is 71.0 Å². The molecule has 6 rings (SSSR count). The molecular formula is C28H36F3N5O3. The summed E-state index contributed by atoms with van der Waals surface area (Å²) in [5.41, 5.74) is -1.60. The molecule has 8 nitrogen and oxygen atoms in total. The predicted octanol–water partition coefficient (Wildman–Crippen LogP) is 4.84. The number of ether oxygens (including phenoxy) is 2. The van der Waals surface area contributed by atoms with E-state index in [0.717, 1.165) is 38.3 Å². The highest BCUT2D eigenvalue weighted by Crippen LogP contribution is 2.43. The molecule has 0 saturated carbocycles. The molecule has 4 saturated heterocycles. The molecule has 0 unspecified atom stereocenters. The number of aromatic nitrogens is 2. The van der Waals surface area contributed by atoms with Crippen LogP contribution >= 0.6 is 0 Å². The number of carbonyl (C=O) groups excluding carboxylic acids is 1. The summed E-state index contributed by atoms with van der Waals surface area (Å²) in [6.45, 7) is 9.78. The SMILES string of the molecule is CC(C)(C)OC(=O)N1[C@@H]2CC[C@]1(C)CN(c1nc(OC[C@]34CCCN3C[C@@H](F)C4)nc3c(F)cc(F)cc13)C2. The van der Waals surface area contributed by atoms with Gasteiger partial charge in [0.1, 0.15) is 35.5 Å². The van der Waals surface area contributed by atoms with Crippen molar-refractivity contribution in [3.63, 3.8) is 0 Å². The standard InChI is InChI=1S/C28H36F3N5O3/c1-26(2,3)39-25(37)36-19-6-8-27(36,4)15-34(14-19)23-20-10-17(29)11-21(31)22(20)32-24(33-23)38-16-28-7-5-9-35(28)13-18(30)12-28/h10-11,18-19H,5-9,12-16H2,1-4H3/t18-,19+,27+,28+/m0/s1. The smallest absolute Gasteiger partial charge is 0.411 e. The number of rotatable bonds is 4. The fourth-order valence-corrected chi connectivity index (χ4v) is 7.14. The minimum absolute atomic E-state index is 0.0152. The monoisotopic (exact) mass is 547 g/mol. The van der Waals surface area contributed by atoms with Gasteiger partial charge in [-0.3, -0.25) is 9.80 Å². The lowest BCUT2D eigenvalue weighted by atomic mass is 9.95. The minimum Gasteiger partial charge on any atom is -0.461 e. The molecule has 212 valence electrons. The molecule has 4 aliphatic rings. The maximum absolute atomic E-state index is 15.0. The molecule has 4 atom stereocenters. The number of benzene rings is 1. The van der Waals surface area contributed by atoms with Crippen molar-refractivity contribution < 1.29 is 27.4 Å². The van der Waals surface area contributed by atoms with Gasteiger partial charge < -0.3 is 14.4 Å². The van der Waals surface area contributed by atoms with Crippen molar-refractivity contribution in [1.82, 2.24) is 19.8 Å². The summed E-state index contributed by atoms with van der Waals surface area (Å²) in [5, 5.41) is 0.249. The second kappa shape index (κ2) is 9.11. The Morgan fingerprint density at radius 1 is 1.18 bits per heavy atom. The second-order valence-electron chi connectivity index (χ2n) is 12.9. The van der Waals surface area contributed by atoms with E-state index < -0.39 is 34.5 Å². The molecule has 4 fully saturated rings. The van der Waals surface area contributed by atoms with Gasteiger partial charge in [0, 0.05) is 37.5 Å². The third-order valence-electron chi connectivity index (χ3n) is 8.72. The first kappa shape index (κ1) is 26.4. The Hall–Kier alpha value is -2.82. The molecule has 1 aromatic heterocycles. The number of anilines is 1. The van der Waals surface area contributed by atoms with Crippen LogP contribution in [-0.2, 0) is 4.74 Å².